The number of carbonyl (C=O) groups excluding carboxylic acids is 1. The quantitative estimate of drug-likeness (QED) is 0.513. The van der Waals surface area contributed by atoms with Crippen LogP contribution in [0.25, 0.3) is 11.5 Å². The summed E-state index contributed by atoms with van der Waals surface area (Å²) in [6.45, 7) is 0.378. The minimum Gasteiger partial charge on any atom is -0.419 e. The molecule has 0 bridgehead atoms. The van der Waals surface area contributed by atoms with E-state index in [2.05, 4.69) is 15.5 Å². The molecule has 0 spiro atoms. The van der Waals surface area contributed by atoms with E-state index >= 15 is 0 Å². The van der Waals surface area contributed by atoms with Crippen LogP contribution in [0.1, 0.15) is 21.8 Å². The van der Waals surface area contributed by atoms with Crippen LogP contribution in [0.4, 0.5) is 5.69 Å². The minimum atomic E-state index is -0.0107. The fourth-order valence-corrected chi connectivity index (χ4v) is 2.73. The van der Waals surface area contributed by atoms with Gasteiger partial charge in [0.05, 0.1) is 6.54 Å². The van der Waals surface area contributed by atoms with Gasteiger partial charge in [-0.25, -0.2) is 0 Å². The van der Waals surface area contributed by atoms with Crippen LogP contribution >= 0.6 is 0 Å². The number of hydrogen-bond donors (Lipinski definition) is 1. The molecule has 5 nitrogen and oxygen atoms in total. The van der Waals surface area contributed by atoms with Crippen molar-refractivity contribution in [3.05, 3.63) is 102 Å². The van der Waals surface area contributed by atoms with Gasteiger partial charge in [0.25, 0.3) is 0 Å². The summed E-state index contributed by atoms with van der Waals surface area (Å²) in [6.07, 6.45) is 0. The highest BCUT2D eigenvalue weighted by Crippen LogP contribution is 2.19. The van der Waals surface area contributed by atoms with Gasteiger partial charge in [-0.3, -0.25) is 4.79 Å². The Morgan fingerprint density at radius 3 is 2.30 bits per heavy atom. The lowest BCUT2D eigenvalue weighted by Gasteiger charge is -2.06. The molecule has 3 aromatic carbocycles. The lowest BCUT2D eigenvalue weighted by atomic mass is 10.0. The molecule has 5 heteroatoms. The van der Waals surface area contributed by atoms with E-state index in [1.807, 2.05) is 78.9 Å². The molecule has 132 valence electrons. The van der Waals surface area contributed by atoms with Gasteiger partial charge < -0.3 is 9.73 Å². The van der Waals surface area contributed by atoms with Crippen molar-refractivity contribution in [1.29, 1.82) is 0 Å². The zero-order valence-electron chi connectivity index (χ0n) is 14.5. The summed E-state index contributed by atoms with van der Waals surface area (Å²) >= 11 is 0. The van der Waals surface area contributed by atoms with Gasteiger partial charge in [0.1, 0.15) is 0 Å². The second-order valence-electron chi connectivity index (χ2n) is 6.00. The molecule has 0 unspecified atom stereocenters. The molecule has 0 radical (unpaired) electrons. The van der Waals surface area contributed by atoms with E-state index in [1.165, 1.54) is 0 Å². The summed E-state index contributed by atoms with van der Waals surface area (Å²) in [5.41, 5.74) is 2.99. The summed E-state index contributed by atoms with van der Waals surface area (Å²) < 4.78 is 5.69. The Balaban J connectivity index is 1.45. The number of carbonyl (C=O) groups is 1. The molecule has 1 N–H and O–H groups in total. The van der Waals surface area contributed by atoms with Gasteiger partial charge in [-0.1, -0.05) is 60.7 Å². The summed E-state index contributed by atoms with van der Waals surface area (Å²) in [6, 6.07) is 26.2. The first kappa shape index (κ1) is 16.7. The topological polar surface area (TPSA) is 68.0 Å². The molecule has 0 atom stereocenters. The molecule has 0 fully saturated rings. The van der Waals surface area contributed by atoms with E-state index in [1.54, 1.807) is 6.07 Å². The standard InChI is InChI=1S/C22H17N3O2/c26-21(16-8-3-1-4-9-16)18-12-7-13-19(14-18)23-15-20-24-25-22(27-20)17-10-5-2-6-11-17/h1-14,23H,15H2. The smallest absolute Gasteiger partial charge is 0.247 e. The van der Waals surface area contributed by atoms with Gasteiger partial charge in [-0.15, -0.1) is 10.2 Å². The molecule has 0 saturated heterocycles. The van der Waals surface area contributed by atoms with Crippen molar-refractivity contribution in [3.8, 4) is 11.5 Å². The number of nitrogens with zero attached hydrogens (tertiary/aromatic N) is 2. The molecule has 27 heavy (non-hydrogen) atoms. The number of benzene rings is 3. The second kappa shape index (κ2) is 7.66. The summed E-state index contributed by atoms with van der Waals surface area (Å²) in [5, 5.41) is 11.4. The largest absolute Gasteiger partial charge is 0.419 e. The predicted molar refractivity (Wildman–Crippen MR) is 103 cm³/mol. The van der Waals surface area contributed by atoms with E-state index < -0.39 is 0 Å². The lowest BCUT2D eigenvalue weighted by Crippen LogP contribution is -2.04. The maximum Gasteiger partial charge on any atom is 0.247 e. The maximum atomic E-state index is 12.6. The first-order chi connectivity index (χ1) is 13.3. The molecule has 0 aliphatic carbocycles. The van der Waals surface area contributed by atoms with E-state index in [-0.39, 0.29) is 5.78 Å². The van der Waals surface area contributed by atoms with Crippen molar-refractivity contribution in [3.63, 3.8) is 0 Å². The fraction of sp³-hybridized carbons (Fsp3) is 0.0455. The van der Waals surface area contributed by atoms with Gasteiger partial charge >= 0.3 is 0 Å². The Labute approximate surface area is 156 Å². The summed E-state index contributed by atoms with van der Waals surface area (Å²) in [4.78, 5) is 12.6. The molecule has 1 heterocycles. The van der Waals surface area contributed by atoms with E-state index in [0.717, 1.165) is 11.3 Å². The van der Waals surface area contributed by atoms with E-state index in [9.17, 15) is 4.79 Å². The van der Waals surface area contributed by atoms with E-state index in [0.29, 0.717) is 29.5 Å². The monoisotopic (exact) mass is 355 g/mol. The van der Waals surface area contributed by atoms with Crippen LogP contribution in [0.15, 0.2) is 89.3 Å². The molecule has 0 saturated carbocycles. The third kappa shape index (κ3) is 3.93. The SMILES string of the molecule is O=C(c1ccccc1)c1cccc(NCc2nnc(-c3ccccc3)o2)c1. The third-order valence-electron chi connectivity index (χ3n) is 4.09. The average Bonchev–Trinajstić information content (AvgIpc) is 3.22. The van der Waals surface area contributed by atoms with Crippen LogP contribution in [0.5, 0.6) is 0 Å². The molecule has 0 aliphatic heterocycles. The van der Waals surface area contributed by atoms with Crippen molar-refractivity contribution in [2.75, 3.05) is 5.32 Å². The van der Waals surface area contributed by atoms with Crippen molar-refractivity contribution < 1.29 is 9.21 Å². The Bertz CT molecular complexity index is 1040. The van der Waals surface area contributed by atoms with Gasteiger partial charge in [-0.05, 0) is 24.3 Å². The fourth-order valence-electron chi connectivity index (χ4n) is 2.73. The Hall–Kier alpha value is -3.73. The number of ketones is 1. The van der Waals surface area contributed by atoms with Crippen molar-refractivity contribution >= 4 is 11.5 Å². The van der Waals surface area contributed by atoms with Crippen molar-refractivity contribution in [1.82, 2.24) is 10.2 Å². The molecule has 0 aliphatic rings. The summed E-state index contributed by atoms with van der Waals surface area (Å²) in [7, 11) is 0. The van der Waals surface area contributed by atoms with Crippen LogP contribution < -0.4 is 5.32 Å². The number of anilines is 1. The van der Waals surface area contributed by atoms with Crippen molar-refractivity contribution in [2.45, 2.75) is 6.54 Å². The average molecular weight is 355 g/mol. The molecule has 0 amide bonds. The highest BCUT2D eigenvalue weighted by atomic mass is 16.4. The third-order valence-corrected chi connectivity index (χ3v) is 4.09. The summed E-state index contributed by atoms with van der Waals surface area (Å²) in [5.74, 6) is 0.956. The second-order valence-corrected chi connectivity index (χ2v) is 6.00. The number of rotatable bonds is 6. The van der Waals surface area contributed by atoms with Gasteiger partial charge in [0.2, 0.25) is 11.8 Å². The molecule has 4 aromatic rings. The number of nitrogens with one attached hydrogen (secondary N) is 1. The van der Waals surface area contributed by atoms with E-state index in [4.69, 9.17) is 4.42 Å². The molecular formula is C22H17N3O2. The Kier molecular flexibility index (Phi) is 4.74. The minimum absolute atomic E-state index is 0.0107. The lowest BCUT2D eigenvalue weighted by molar-refractivity contribution is 0.103. The maximum absolute atomic E-state index is 12.6. The first-order valence-electron chi connectivity index (χ1n) is 8.61. The van der Waals surface area contributed by atoms with Gasteiger partial charge in [0.15, 0.2) is 5.78 Å². The molecule has 1 aromatic heterocycles. The van der Waals surface area contributed by atoms with Crippen LogP contribution in [-0.4, -0.2) is 16.0 Å². The highest BCUT2D eigenvalue weighted by molar-refractivity contribution is 6.09. The highest BCUT2D eigenvalue weighted by Gasteiger charge is 2.10. The normalized spacial score (nSPS) is 10.5. The van der Waals surface area contributed by atoms with Crippen LogP contribution in [0.3, 0.4) is 0 Å². The zero-order valence-corrected chi connectivity index (χ0v) is 14.5. The Morgan fingerprint density at radius 2 is 1.52 bits per heavy atom. The van der Waals surface area contributed by atoms with Crippen molar-refractivity contribution in [2.24, 2.45) is 0 Å². The first-order valence-corrected chi connectivity index (χ1v) is 8.61. The van der Waals surface area contributed by atoms with Gasteiger partial charge in [0, 0.05) is 22.4 Å². The van der Waals surface area contributed by atoms with Gasteiger partial charge in [-0.2, -0.15) is 0 Å². The molecule has 4 rings (SSSR count). The van der Waals surface area contributed by atoms with Crippen LogP contribution in [0.2, 0.25) is 0 Å². The number of hydrogen-bond acceptors (Lipinski definition) is 5. The molecular weight excluding hydrogens is 338 g/mol. The Morgan fingerprint density at radius 1 is 0.815 bits per heavy atom. The van der Waals surface area contributed by atoms with Crippen LogP contribution in [-0.2, 0) is 6.54 Å². The van der Waals surface area contributed by atoms with Crippen LogP contribution in [0, 0.1) is 0 Å². The zero-order chi connectivity index (χ0) is 18.5. The predicted octanol–water partition coefficient (Wildman–Crippen LogP) is 4.58. The number of aromatic nitrogens is 2.